The van der Waals surface area contributed by atoms with E-state index in [0.717, 1.165) is 32.3 Å². The Balaban J connectivity index is 3.49. The van der Waals surface area contributed by atoms with Gasteiger partial charge >= 0.3 is 11.9 Å². The summed E-state index contributed by atoms with van der Waals surface area (Å²) in [7, 11) is 1.68. The highest BCUT2D eigenvalue weighted by atomic mass is 16.5. The molecule has 0 aliphatic heterocycles. The van der Waals surface area contributed by atoms with E-state index in [4.69, 9.17) is 14.2 Å². The molecule has 0 aromatic rings. The maximum atomic E-state index is 11.7. The molecule has 0 fully saturated rings. The van der Waals surface area contributed by atoms with Crippen molar-refractivity contribution in [3.63, 3.8) is 0 Å². The van der Waals surface area contributed by atoms with Gasteiger partial charge in [-0.15, -0.1) is 0 Å². The van der Waals surface area contributed by atoms with Crippen LogP contribution in [0.1, 0.15) is 104 Å². The molecule has 0 radical (unpaired) electrons. The van der Waals surface area contributed by atoms with Crippen LogP contribution in [0.5, 0.6) is 0 Å². The molecule has 5 heteroatoms. The third-order valence-corrected chi connectivity index (χ3v) is 5.04. The van der Waals surface area contributed by atoms with E-state index in [2.05, 4.69) is 25.7 Å². The number of carbonyl (C=O) groups is 2. The zero-order valence-corrected chi connectivity index (χ0v) is 19.6. The van der Waals surface area contributed by atoms with Crippen LogP contribution in [0.3, 0.4) is 0 Å². The Bertz CT molecular complexity index is 478. The van der Waals surface area contributed by atoms with Gasteiger partial charge in [0.1, 0.15) is 0 Å². The van der Waals surface area contributed by atoms with E-state index in [1.54, 1.807) is 7.11 Å². The molecule has 174 valence electrons. The molecular formula is C25H44O5. The van der Waals surface area contributed by atoms with Crippen LogP contribution in [0.15, 0.2) is 0 Å². The van der Waals surface area contributed by atoms with Gasteiger partial charge in [-0.3, -0.25) is 9.59 Å². The molecule has 30 heavy (non-hydrogen) atoms. The summed E-state index contributed by atoms with van der Waals surface area (Å²) in [5, 5.41) is 0. The van der Waals surface area contributed by atoms with E-state index in [-0.39, 0.29) is 31.4 Å². The van der Waals surface area contributed by atoms with Crippen molar-refractivity contribution < 1.29 is 23.8 Å². The topological polar surface area (TPSA) is 61.8 Å². The first-order valence-electron chi connectivity index (χ1n) is 11.9. The summed E-state index contributed by atoms with van der Waals surface area (Å²) < 4.78 is 15.3. The molecule has 0 rings (SSSR count). The average molecular weight is 425 g/mol. The Morgan fingerprint density at radius 3 is 2.03 bits per heavy atom. The lowest BCUT2D eigenvalue weighted by Crippen LogP contribution is -2.11. The molecule has 0 aliphatic rings. The summed E-state index contributed by atoms with van der Waals surface area (Å²) in [6, 6.07) is 0. The van der Waals surface area contributed by atoms with Gasteiger partial charge in [0.2, 0.25) is 0 Å². The highest BCUT2D eigenvalue weighted by Gasteiger charge is 2.08. The highest BCUT2D eigenvalue weighted by molar-refractivity contribution is 5.72. The first-order valence-corrected chi connectivity index (χ1v) is 11.9. The quantitative estimate of drug-likeness (QED) is 0.148. The summed E-state index contributed by atoms with van der Waals surface area (Å²) >= 11 is 0. The van der Waals surface area contributed by atoms with Gasteiger partial charge in [0.05, 0.1) is 6.61 Å². The number of hydrogen-bond acceptors (Lipinski definition) is 5. The van der Waals surface area contributed by atoms with Gasteiger partial charge in [0, 0.05) is 33.0 Å². The number of carbonyl (C=O) groups excluding carboxylic acids is 2. The van der Waals surface area contributed by atoms with Gasteiger partial charge in [-0.1, -0.05) is 70.6 Å². The van der Waals surface area contributed by atoms with Crippen molar-refractivity contribution in [2.24, 2.45) is 5.92 Å². The van der Waals surface area contributed by atoms with Crippen LogP contribution in [0.25, 0.3) is 0 Å². The summed E-state index contributed by atoms with van der Waals surface area (Å²) in [6.45, 7) is 5.63. The van der Waals surface area contributed by atoms with Crippen molar-refractivity contribution in [3.8, 4) is 11.8 Å². The Kier molecular flexibility index (Phi) is 21.0. The molecule has 0 spiro atoms. The molecule has 0 saturated carbocycles. The van der Waals surface area contributed by atoms with Gasteiger partial charge in [-0.25, -0.2) is 0 Å². The van der Waals surface area contributed by atoms with Crippen molar-refractivity contribution in [3.05, 3.63) is 0 Å². The van der Waals surface area contributed by atoms with Crippen molar-refractivity contribution in [2.45, 2.75) is 104 Å². The maximum Gasteiger partial charge on any atom is 0.306 e. The van der Waals surface area contributed by atoms with Crippen LogP contribution in [0, 0.1) is 17.8 Å². The molecule has 0 aromatic heterocycles. The number of rotatable bonds is 19. The smallest absolute Gasteiger partial charge is 0.306 e. The van der Waals surface area contributed by atoms with Crippen LogP contribution in [0.2, 0.25) is 0 Å². The third-order valence-electron chi connectivity index (χ3n) is 5.04. The normalized spacial score (nSPS) is 11.4. The molecule has 0 N–H and O–H groups in total. The van der Waals surface area contributed by atoms with Gasteiger partial charge in [-0.2, -0.15) is 0 Å². The van der Waals surface area contributed by atoms with Crippen LogP contribution in [0.4, 0.5) is 0 Å². The van der Waals surface area contributed by atoms with Gasteiger partial charge < -0.3 is 14.2 Å². The zero-order chi connectivity index (χ0) is 22.3. The number of hydrogen-bond donors (Lipinski definition) is 0. The molecule has 1 unspecified atom stereocenters. The van der Waals surface area contributed by atoms with E-state index in [1.807, 2.05) is 0 Å². The minimum Gasteiger partial charge on any atom is -0.466 e. The second kappa shape index (κ2) is 22.2. The van der Waals surface area contributed by atoms with E-state index in [0.29, 0.717) is 18.9 Å². The predicted molar refractivity (Wildman–Crippen MR) is 121 cm³/mol. The maximum absolute atomic E-state index is 11.7. The van der Waals surface area contributed by atoms with Gasteiger partial charge in [0.25, 0.3) is 0 Å². The Hall–Kier alpha value is -1.54. The second-order valence-electron chi connectivity index (χ2n) is 7.99. The number of methoxy groups -OCH3 is 1. The standard InChI is InChI=1S/C25H44O5/c1-4-5-6-7-8-9-10-11-12-13-14-20-29-24(26)16-15-17-25(27)30-22-19-23(2)18-21-28-3/h23H,4-12,15-22H2,1-3H3. The molecule has 0 saturated heterocycles. The monoisotopic (exact) mass is 424 g/mol. The molecule has 0 heterocycles. The molecule has 0 bridgehead atoms. The highest BCUT2D eigenvalue weighted by Crippen LogP contribution is 2.09. The summed E-state index contributed by atoms with van der Waals surface area (Å²) in [6.07, 6.45) is 13.9. The number of ether oxygens (including phenoxy) is 3. The third kappa shape index (κ3) is 21.2. The lowest BCUT2D eigenvalue weighted by atomic mass is 10.1. The Morgan fingerprint density at radius 1 is 0.767 bits per heavy atom. The number of unbranched alkanes of at least 4 members (excludes halogenated alkanes) is 8. The SMILES string of the molecule is CCCCCCCCCCC#CCOC(=O)CCCC(=O)OCCC(C)CCOC. The second-order valence-corrected chi connectivity index (χ2v) is 7.99. The van der Waals surface area contributed by atoms with E-state index >= 15 is 0 Å². The van der Waals surface area contributed by atoms with Crippen LogP contribution >= 0.6 is 0 Å². The van der Waals surface area contributed by atoms with Crippen molar-refractivity contribution in [2.75, 3.05) is 26.9 Å². The van der Waals surface area contributed by atoms with E-state index in [1.165, 1.54) is 44.9 Å². The Labute approximate surface area is 184 Å². The predicted octanol–water partition coefficient (Wildman–Crippen LogP) is 5.84. The van der Waals surface area contributed by atoms with Crippen molar-refractivity contribution >= 4 is 11.9 Å². The van der Waals surface area contributed by atoms with Crippen LogP contribution in [-0.4, -0.2) is 38.9 Å². The van der Waals surface area contributed by atoms with E-state index in [9.17, 15) is 9.59 Å². The first kappa shape index (κ1) is 28.5. The van der Waals surface area contributed by atoms with Crippen LogP contribution < -0.4 is 0 Å². The molecular weight excluding hydrogens is 380 g/mol. The van der Waals surface area contributed by atoms with Gasteiger partial charge in [-0.05, 0) is 31.6 Å². The minimum absolute atomic E-state index is 0.139. The average Bonchev–Trinajstić information content (AvgIpc) is 2.73. The molecule has 0 aromatic carbocycles. The lowest BCUT2D eigenvalue weighted by Gasteiger charge is -2.10. The lowest BCUT2D eigenvalue weighted by molar-refractivity contribution is -0.145. The zero-order valence-electron chi connectivity index (χ0n) is 19.6. The molecule has 0 amide bonds. The first-order chi connectivity index (χ1) is 14.6. The summed E-state index contributed by atoms with van der Waals surface area (Å²) in [5.41, 5.74) is 0. The fourth-order valence-electron chi connectivity index (χ4n) is 2.96. The molecule has 0 aliphatic carbocycles. The Morgan fingerprint density at radius 2 is 1.37 bits per heavy atom. The largest absolute Gasteiger partial charge is 0.466 e. The fourth-order valence-corrected chi connectivity index (χ4v) is 2.96. The number of esters is 2. The van der Waals surface area contributed by atoms with Crippen LogP contribution in [-0.2, 0) is 23.8 Å². The summed E-state index contributed by atoms with van der Waals surface area (Å²) in [5.74, 6) is 5.85. The van der Waals surface area contributed by atoms with Crippen molar-refractivity contribution in [1.29, 1.82) is 0 Å². The van der Waals surface area contributed by atoms with Gasteiger partial charge in [0.15, 0.2) is 6.61 Å². The fraction of sp³-hybridized carbons (Fsp3) is 0.840. The molecule has 5 nitrogen and oxygen atoms in total. The molecule has 1 atom stereocenters. The van der Waals surface area contributed by atoms with E-state index < -0.39 is 0 Å². The van der Waals surface area contributed by atoms with Crippen molar-refractivity contribution in [1.82, 2.24) is 0 Å². The minimum atomic E-state index is -0.308. The summed E-state index contributed by atoms with van der Waals surface area (Å²) in [4.78, 5) is 23.3.